The second-order valence-corrected chi connectivity index (χ2v) is 2.73. The molecule has 0 aliphatic heterocycles. The Labute approximate surface area is 79.6 Å². The van der Waals surface area contributed by atoms with Gasteiger partial charge in [-0.3, -0.25) is 9.78 Å². The fourth-order valence-electron chi connectivity index (χ4n) is 0.854. The maximum Gasteiger partial charge on any atom is 0.254 e. The van der Waals surface area contributed by atoms with Crippen LogP contribution in [0.2, 0.25) is 0 Å². The van der Waals surface area contributed by atoms with Crippen LogP contribution in [0.3, 0.4) is 0 Å². The number of nitrogen functional groups attached to an aromatic ring is 1. The Morgan fingerprint density at radius 3 is 3.00 bits per heavy atom. The molecule has 0 saturated carbocycles. The Kier molecular flexibility index (Phi) is 3.43. The maximum absolute atomic E-state index is 10.9. The van der Waals surface area contributed by atoms with Gasteiger partial charge in [0.2, 0.25) is 5.95 Å². The zero-order valence-electron chi connectivity index (χ0n) is 7.40. The number of aliphatic hydroxyl groups excluding tert-OH is 2. The molecule has 78 valence electrons. The molecule has 0 fully saturated rings. The van der Waals surface area contributed by atoms with Crippen molar-refractivity contribution in [3.63, 3.8) is 0 Å². The maximum atomic E-state index is 10.9. The third kappa shape index (κ3) is 3.04. The predicted octanol–water partition coefficient (Wildman–Crippen LogP) is -1.88. The molecule has 0 saturated heterocycles. The molecule has 0 bridgehead atoms. The number of hydrogen-bond acceptors (Lipinski definition) is 6. The highest BCUT2D eigenvalue weighted by atomic mass is 16.3. The Balaban J connectivity index is 2.63. The highest BCUT2D eigenvalue weighted by Crippen LogP contribution is 1.99. The quantitative estimate of drug-likeness (QED) is 0.387. The summed E-state index contributed by atoms with van der Waals surface area (Å²) >= 11 is 0. The van der Waals surface area contributed by atoms with Gasteiger partial charge < -0.3 is 21.3 Å². The molecule has 1 aromatic rings. The topological polar surface area (TPSA) is 124 Å². The molecule has 1 atom stereocenters. The molecule has 7 heteroatoms. The van der Waals surface area contributed by atoms with Crippen LogP contribution in [0.5, 0.6) is 0 Å². The standard InChI is InChI=1S/C7H12N4O3/c8-7-10-5(1-6(14)11-7)9-2-4(13)3-12/h1,4,12-13H,2-3H2,(H4,8,9,10,11,14). The second-order valence-electron chi connectivity index (χ2n) is 2.73. The highest BCUT2D eigenvalue weighted by Gasteiger charge is 2.02. The number of nitrogens with one attached hydrogen (secondary N) is 2. The van der Waals surface area contributed by atoms with E-state index >= 15 is 0 Å². The normalized spacial score (nSPS) is 12.4. The largest absolute Gasteiger partial charge is 0.394 e. The molecule has 0 spiro atoms. The summed E-state index contributed by atoms with van der Waals surface area (Å²) in [5, 5.41) is 20.2. The summed E-state index contributed by atoms with van der Waals surface area (Å²) in [6.07, 6.45) is -0.891. The smallest absolute Gasteiger partial charge is 0.254 e. The number of H-pyrrole nitrogens is 1. The van der Waals surface area contributed by atoms with Gasteiger partial charge in [0.05, 0.1) is 12.7 Å². The Morgan fingerprint density at radius 2 is 2.43 bits per heavy atom. The first-order chi connectivity index (χ1) is 6.61. The van der Waals surface area contributed by atoms with Crippen molar-refractivity contribution in [2.24, 2.45) is 0 Å². The lowest BCUT2D eigenvalue weighted by molar-refractivity contribution is 0.105. The van der Waals surface area contributed by atoms with Crippen LogP contribution < -0.4 is 16.6 Å². The third-order valence-electron chi connectivity index (χ3n) is 1.49. The highest BCUT2D eigenvalue weighted by molar-refractivity contribution is 5.37. The minimum absolute atomic E-state index is 0.00140. The van der Waals surface area contributed by atoms with Gasteiger partial charge in [0, 0.05) is 12.6 Å². The van der Waals surface area contributed by atoms with Crippen LogP contribution >= 0.6 is 0 Å². The van der Waals surface area contributed by atoms with Gasteiger partial charge in [0.25, 0.3) is 5.56 Å². The number of aliphatic hydroxyl groups is 2. The van der Waals surface area contributed by atoms with Gasteiger partial charge in [-0.1, -0.05) is 0 Å². The van der Waals surface area contributed by atoms with Crippen molar-refractivity contribution >= 4 is 11.8 Å². The third-order valence-corrected chi connectivity index (χ3v) is 1.49. The molecule has 0 aromatic carbocycles. The van der Waals surface area contributed by atoms with Gasteiger partial charge in [-0.2, -0.15) is 4.98 Å². The minimum Gasteiger partial charge on any atom is -0.394 e. The molecule has 7 nitrogen and oxygen atoms in total. The number of hydrogen-bond donors (Lipinski definition) is 5. The average molecular weight is 200 g/mol. The molecule has 0 amide bonds. The molecule has 1 aromatic heterocycles. The number of nitrogens with two attached hydrogens (primary N) is 1. The van der Waals surface area contributed by atoms with Gasteiger partial charge in [-0.25, -0.2) is 0 Å². The number of anilines is 2. The van der Waals surface area contributed by atoms with E-state index < -0.39 is 6.10 Å². The second kappa shape index (κ2) is 4.58. The summed E-state index contributed by atoms with van der Waals surface area (Å²) in [6.45, 7) is -0.252. The lowest BCUT2D eigenvalue weighted by Crippen LogP contribution is -2.24. The van der Waals surface area contributed by atoms with Crippen molar-refractivity contribution in [3.05, 3.63) is 16.4 Å². The van der Waals surface area contributed by atoms with Crippen molar-refractivity contribution in [2.75, 3.05) is 24.2 Å². The minimum atomic E-state index is -0.891. The summed E-state index contributed by atoms with van der Waals surface area (Å²) in [5.74, 6) is 0.261. The lowest BCUT2D eigenvalue weighted by atomic mass is 10.4. The molecular weight excluding hydrogens is 188 g/mol. The fraction of sp³-hybridized carbons (Fsp3) is 0.429. The molecule has 6 N–H and O–H groups in total. The molecule has 1 heterocycles. The van der Waals surface area contributed by atoms with Crippen LogP contribution in [0.25, 0.3) is 0 Å². The van der Waals surface area contributed by atoms with E-state index in [0.717, 1.165) is 0 Å². The summed E-state index contributed by atoms with van der Waals surface area (Å²) in [6, 6.07) is 1.21. The predicted molar refractivity (Wildman–Crippen MR) is 50.9 cm³/mol. The van der Waals surface area contributed by atoms with Crippen molar-refractivity contribution in [3.8, 4) is 0 Å². The fourth-order valence-corrected chi connectivity index (χ4v) is 0.854. The SMILES string of the molecule is Nc1nc(NCC(O)CO)cc(=O)[nH]1. The van der Waals surface area contributed by atoms with Gasteiger partial charge in [0.1, 0.15) is 5.82 Å². The van der Waals surface area contributed by atoms with Crippen molar-refractivity contribution < 1.29 is 10.2 Å². The van der Waals surface area contributed by atoms with E-state index in [1.165, 1.54) is 6.07 Å². The summed E-state index contributed by atoms with van der Waals surface area (Å²) in [4.78, 5) is 16.9. The van der Waals surface area contributed by atoms with E-state index in [0.29, 0.717) is 0 Å². The van der Waals surface area contributed by atoms with Crippen LogP contribution in [0.4, 0.5) is 11.8 Å². The van der Waals surface area contributed by atoms with Gasteiger partial charge in [-0.15, -0.1) is 0 Å². The zero-order valence-corrected chi connectivity index (χ0v) is 7.40. The number of aromatic amines is 1. The van der Waals surface area contributed by atoms with E-state index in [9.17, 15) is 4.79 Å². The van der Waals surface area contributed by atoms with Gasteiger partial charge in [-0.05, 0) is 0 Å². The van der Waals surface area contributed by atoms with Crippen LogP contribution in [0, 0.1) is 0 Å². The number of nitrogens with zero attached hydrogens (tertiary/aromatic N) is 1. The summed E-state index contributed by atoms with van der Waals surface area (Å²) in [7, 11) is 0. The van der Waals surface area contributed by atoms with Crippen molar-refractivity contribution in [1.29, 1.82) is 0 Å². The first-order valence-corrected chi connectivity index (χ1v) is 4.01. The molecule has 1 unspecified atom stereocenters. The molecular formula is C7H12N4O3. The van der Waals surface area contributed by atoms with Gasteiger partial charge >= 0.3 is 0 Å². The first-order valence-electron chi connectivity index (χ1n) is 4.01. The van der Waals surface area contributed by atoms with Crippen molar-refractivity contribution in [2.45, 2.75) is 6.10 Å². The van der Waals surface area contributed by atoms with E-state index in [1.54, 1.807) is 0 Å². The van der Waals surface area contributed by atoms with Crippen molar-refractivity contribution in [1.82, 2.24) is 9.97 Å². The molecule has 0 aliphatic rings. The van der Waals surface area contributed by atoms with Crippen LogP contribution in [-0.4, -0.2) is 39.4 Å². The Bertz CT molecular complexity index is 351. The van der Waals surface area contributed by atoms with Crippen LogP contribution in [-0.2, 0) is 0 Å². The van der Waals surface area contributed by atoms with E-state index in [1.807, 2.05) is 0 Å². The first kappa shape index (κ1) is 10.5. The van der Waals surface area contributed by atoms with E-state index in [2.05, 4.69) is 15.3 Å². The Hall–Kier alpha value is -1.60. The van der Waals surface area contributed by atoms with Crippen LogP contribution in [0.1, 0.15) is 0 Å². The monoisotopic (exact) mass is 200 g/mol. The number of rotatable bonds is 4. The summed E-state index contributed by atoms with van der Waals surface area (Å²) in [5.41, 5.74) is 4.90. The molecule has 0 aliphatic carbocycles. The Morgan fingerprint density at radius 1 is 1.71 bits per heavy atom. The van der Waals surface area contributed by atoms with E-state index in [-0.39, 0.29) is 30.5 Å². The molecule has 0 radical (unpaired) electrons. The lowest BCUT2D eigenvalue weighted by Gasteiger charge is -2.08. The summed E-state index contributed by atoms with van der Waals surface area (Å²) < 4.78 is 0. The number of aromatic nitrogens is 2. The van der Waals surface area contributed by atoms with Crippen LogP contribution in [0.15, 0.2) is 10.9 Å². The molecule has 1 rings (SSSR count). The zero-order chi connectivity index (χ0) is 10.6. The average Bonchev–Trinajstić information content (AvgIpc) is 2.12. The van der Waals surface area contributed by atoms with E-state index in [4.69, 9.17) is 15.9 Å². The van der Waals surface area contributed by atoms with Gasteiger partial charge in [0.15, 0.2) is 0 Å². The molecule has 14 heavy (non-hydrogen) atoms.